The van der Waals surface area contributed by atoms with Crippen LogP contribution in [0.15, 0.2) is 22.7 Å². The molecular weight excluding hydrogens is 458 g/mol. The third kappa shape index (κ3) is 10.2. The van der Waals surface area contributed by atoms with Crippen LogP contribution in [0.1, 0.15) is 13.8 Å². The first-order valence-corrected chi connectivity index (χ1v) is 9.85. The highest BCUT2D eigenvalue weighted by atomic mass is 79.9. The van der Waals surface area contributed by atoms with Crippen LogP contribution in [-0.4, -0.2) is 78.7 Å². The third-order valence-corrected chi connectivity index (χ3v) is 4.46. The van der Waals surface area contributed by atoms with Crippen LogP contribution in [0.2, 0.25) is 5.02 Å². The minimum atomic E-state index is -1.82. The maximum absolute atomic E-state index is 9.10. The lowest BCUT2D eigenvalue weighted by Gasteiger charge is -2.35. The molecule has 0 radical (unpaired) electrons. The Morgan fingerprint density at radius 1 is 1.18 bits per heavy atom. The smallest absolute Gasteiger partial charge is 0.414 e. The van der Waals surface area contributed by atoms with Gasteiger partial charge in [-0.3, -0.25) is 4.90 Å². The number of rotatable bonds is 7. The fraction of sp³-hybridized carbons (Fsp3) is 0.556. The van der Waals surface area contributed by atoms with Crippen molar-refractivity contribution in [3.05, 3.63) is 27.7 Å². The second-order valence-corrected chi connectivity index (χ2v) is 7.45. The van der Waals surface area contributed by atoms with Gasteiger partial charge in [0.05, 0.1) is 29.9 Å². The van der Waals surface area contributed by atoms with E-state index in [-0.39, 0.29) is 0 Å². The molecule has 28 heavy (non-hydrogen) atoms. The highest BCUT2D eigenvalue weighted by Gasteiger charge is 2.21. The zero-order valence-electron chi connectivity index (χ0n) is 15.8. The first kappa shape index (κ1) is 24.6. The van der Waals surface area contributed by atoms with Gasteiger partial charge in [-0.15, -0.1) is 0 Å². The Morgan fingerprint density at radius 2 is 1.79 bits per heavy atom. The molecule has 1 fully saturated rings. The number of benzene rings is 1. The topological polar surface area (TPSA) is 106 Å². The van der Waals surface area contributed by atoms with Crippen LogP contribution in [0.3, 0.4) is 0 Å². The average Bonchev–Trinajstić information content (AvgIpc) is 2.59. The van der Waals surface area contributed by atoms with E-state index in [9.17, 15) is 0 Å². The number of carbonyl (C=O) groups is 2. The third-order valence-electron chi connectivity index (χ3n) is 3.61. The monoisotopic (exact) mass is 481 g/mol. The normalized spacial score (nSPS) is 19.4. The summed E-state index contributed by atoms with van der Waals surface area (Å²) in [5.74, 6) is -2.87. The van der Waals surface area contributed by atoms with Gasteiger partial charge in [0, 0.05) is 24.7 Å². The average molecular weight is 483 g/mol. The predicted molar refractivity (Wildman–Crippen MR) is 107 cm³/mol. The van der Waals surface area contributed by atoms with Gasteiger partial charge in [0.15, 0.2) is 0 Å². The molecule has 2 N–H and O–H groups in total. The van der Waals surface area contributed by atoms with Crippen molar-refractivity contribution in [2.45, 2.75) is 26.1 Å². The number of nitrogens with zero attached hydrogens (tertiary/aromatic N) is 1. The zero-order chi connectivity index (χ0) is 21.1. The Labute approximate surface area is 177 Å². The fourth-order valence-electron chi connectivity index (χ4n) is 2.57. The number of aliphatic carboxylic acids is 2. The lowest BCUT2D eigenvalue weighted by Crippen LogP contribution is -2.46. The molecule has 1 aliphatic rings. The molecule has 0 amide bonds. The number of morpholine rings is 1. The van der Waals surface area contributed by atoms with Crippen LogP contribution < -0.4 is 4.74 Å². The van der Waals surface area contributed by atoms with E-state index < -0.39 is 11.9 Å². The molecule has 8 nitrogen and oxygen atoms in total. The minimum Gasteiger partial charge on any atom is -0.490 e. The molecule has 0 spiro atoms. The molecule has 1 saturated heterocycles. The Bertz CT molecular complexity index is 624. The molecule has 0 aliphatic carbocycles. The second kappa shape index (κ2) is 12.9. The van der Waals surface area contributed by atoms with Crippen molar-refractivity contribution >= 4 is 39.5 Å². The van der Waals surface area contributed by atoms with E-state index in [0.717, 1.165) is 29.9 Å². The molecule has 2 rings (SSSR count). The van der Waals surface area contributed by atoms with Crippen LogP contribution in [-0.2, 0) is 19.1 Å². The number of carboxylic acid groups (broad SMARTS) is 2. The minimum absolute atomic E-state index is 0.300. The van der Waals surface area contributed by atoms with E-state index in [1.807, 2.05) is 18.2 Å². The fourth-order valence-corrected chi connectivity index (χ4v) is 3.36. The van der Waals surface area contributed by atoms with Gasteiger partial charge in [-0.05, 0) is 48.0 Å². The first-order valence-electron chi connectivity index (χ1n) is 8.68. The SMILES string of the molecule is CC1CN(CCOCCOc2ccc(Cl)cc2Br)CC(C)O1.O=C(O)C(=O)O. The van der Waals surface area contributed by atoms with Gasteiger partial charge in [-0.1, -0.05) is 11.6 Å². The van der Waals surface area contributed by atoms with Crippen LogP contribution in [0, 0.1) is 0 Å². The highest BCUT2D eigenvalue weighted by Crippen LogP contribution is 2.27. The molecule has 1 aromatic carbocycles. The Morgan fingerprint density at radius 3 is 2.32 bits per heavy atom. The molecule has 158 valence electrons. The van der Waals surface area contributed by atoms with Gasteiger partial charge in [0.2, 0.25) is 0 Å². The molecule has 2 atom stereocenters. The van der Waals surface area contributed by atoms with Gasteiger partial charge < -0.3 is 24.4 Å². The second-order valence-electron chi connectivity index (χ2n) is 6.16. The summed E-state index contributed by atoms with van der Waals surface area (Å²) < 4.78 is 17.9. The van der Waals surface area contributed by atoms with E-state index in [1.165, 1.54) is 0 Å². The molecule has 10 heteroatoms. The van der Waals surface area contributed by atoms with Crippen molar-refractivity contribution in [3.63, 3.8) is 0 Å². The van der Waals surface area contributed by atoms with E-state index in [0.29, 0.717) is 37.1 Å². The van der Waals surface area contributed by atoms with Crippen molar-refractivity contribution in [1.29, 1.82) is 0 Å². The van der Waals surface area contributed by atoms with Crippen LogP contribution >= 0.6 is 27.5 Å². The van der Waals surface area contributed by atoms with Gasteiger partial charge in [-0.2, -0.15) is 0 Å². The number of hydrogen-bond acceptors (Lipinski definition) is 6. The van der Waals surface area contributed by atoms with E-state index in [2.05, 4.69) is 34.7 Å². The largest absolute Gasteiger partial charge is 0.490 e. The highest BCUT2D eigenvalue weighted by molar-refractivity contribution is 9.10. The molecule has 1 aliphatic heterocycles. The molecule has 1 heterocycles. The van der Waals surface area contributed by atoms with Crippen molar-refractivity contribution in [2.75, 3.05) is 39.5 Å². The van der Waals surface area contributed by atoms with Crippen molar-refractivity contribution in [2.24, 2.45) is 0 Å². The van der Waals surface area contributed by atoms with Crippen molar-refractivity contribution < 1.29 is 34.0 Å². The summed E-state index contributed by atoms with van der Waals surface area (Å²) in [4.78, 5) is 20.6. The molecule has 2 unspecified atom stereocenters. The number of ether oxygens (including phenoxy) is 3. The number of halogens is 2. The Balaban J connectivity index is 0.000000568. The molecule has 0 aromatic heterocycles. The summed E-state index contributed by atoms with van der Waals surface area (Å²) in [6.07, 6.45) is 0.601. The maximum atomic E-state index is 9.10. The number of carboxylic acids is 2. The van der Waals surface area contributed by atoms with E-state index in [4.69, 9.17) is 45.6 Å². The predicted octanol–water partition coefficient (Wildman–Crippen LogP) is 2.76. The first-order chi connectivity index (χ1) is 13.2. The zero-order valence-corrected chi connectivity index (χ0v) is 18.1. The van der Waals surface area contributed by atoms with Gasteiger partial charge >= 0.3 is 11.9 Å². The molecule has 1 aromatic rings. The summed E-state index contributed by atoms with van der Waals surface area (Å²) in [7, 11) is 0. The van der Waals surface area contributed by atoms with Gasteiger partial charge in [0.25, 0.3) is 0 Å². The Kier molecular flexibility index (Phi) is 11.4. The standard InChI is InChI=1S/C16H23BrClNO3.C2H2O4/c1-12-10-19(11-13(2)22-12)5-6-20-7-8-21-16-4-3-14(18)9-15(16)17;3-1(4)2(5)6/h3-4,9,12-13H,5-8,10-11H2,1-2H3;(H,3,4)(H,5,6). The molecule has 0 bridgehead atoms. The molecular formula is C18H25BrClNO7. The summed E-state index contributed by atoms with van der Waals surface area (Å²) in [6.45, 7) is 8.92. The maximum Gasteiger partial charge on any atom is 0.414 e. The van der Waals surface area contributed by atoms with Gasteiger partial charge in [-0.25, -0.2) is 9.59 Å². The summed E-state index contributed by atoms with van der Waals surface area (Å²) >= 11 is 9.31. The van der Waals surface area contributed by atoms with Gasteiger partial charge in [0.1, 0.15) is 12.4 Å². The van der Waals surface area contributed by atoms with Crippen molar-refractivity contribution in [1.82, 2.24) is 4.90 Å². The summed E-state index contributed by atoms with van der Waals surface area (Å²) in [5, 5.41) is 15.5. The summed E-state index contributed by atoms with van der Waals surface area (Å²) in [6, 6.07) is 5.48. The Hall–Kier alpha value is -1.39. The van der Waals surface area contributed by atoms with E-state index >= 15 is 0 Å². The van der Waals surface area contributed by atoms with Crippen LogP contribution in [0.5, 0.6) is 5.75 Å². The lowest BCUT2D eigenvalue weighted by atomic mass is 10.2. The lowest BCUT2D eigenvalue weighted by molar-refractivity contribution is -0.159. The number of hydrogen-bond donors (Lipinski definition) is 2. The van der Waals surface area contributed by atoms with Crippen LogP contribution in [0.25, 0.3) is 0 Å². The molecule has 0 saturated carbocycles. The van der Waals surface area contributed by atoms with Crippen LogP contribution in [0.4, 0.5) is 0 Å². The quantitative estimate of drug-likeness (QED) is 0.451. The summed E-state index contributed by atoms with van der Waals surface area (Å²) in [5.41, 5.74) is 0. The van der Waals surface area contributed by atoms with Crippen molar-refractivity contribution in [3.8, 4) is 5.75 Å². The van der Waals surface area contributed by atoms with E-state index in [1.54, 1.807) is 0 Å².